The Labute approximate surface area is 91.7 Å². The lowest BCUT2D eigenvalue weighted by Crippen LogP contribution is -2.04. The highest BCUT2D eigenvalue weighted by molar-refractivity contribution is 5.92. The molecule has 0 N–H and O–H groups in total. The molecule has 1 aromatic heterocycles. The molecular formula is C13H19NO. The highest BCUT2D eigenvalue weighted by Gasteiger charge is 2.07. The molecule has 0 bridgehead atoms. The lowest BCUT2D eigenvalue weighted by atomic mass is 9.95. The van der Waals surface area contributed by atoms with Crippen molar-refractivity contribution in [1.29, 1.82) is 0 Å². The molecule has 0 spiro atoms. The molecule has 0 aliphatic heterocycles. The van der Waals surface area contributed by atoms with E-state index in [1.165, 1.54) is 18.4 Å². The summed E-state index contributed by atoms with van der Waals surface area (Å²) in [5.74, 6) is 0.758. The van der Waals surface area contributed by atoms with Crippen LogP contribution in [-0.4, -0.2) is 10.8 Å². The minimum Gasteiger partial charge on any atom is -0.293 e. The molecular weight excluding hydrogens is 186 g/mol. The van der Waals surface area contributed by atoms with E-state index in [0.717, 1.165) is 6.42 Å². The minimum absolute atomic E-state index is 0.0430. The predicted molar refractivity (Wildman–Crippen MR) is 62.0 cm³/mol. The Morgan fingerprint density at radius 1 is 1.40 bits per heavy atom. The Hall–Kier alpha value is -1.18. The van der Waals surface area contributed by atoms with E-state index in [4.69, 9.17) is 0 Å². The fraction of sp³-hybridized carbons (Fsp3) is 0.538. The number of aromatic nitrogens is 1. The third-order valence-electron chi connectivity index (χ3n) is 2.86. The van der Waals surface area contributed by atoms with Gasteiger partial charge in [-0.05, 0) is 30.0 Å². The van der Waals surface area contributed by atoms with Gasteiger partial charge in [-0.1, -0.05) is 26.7 Å². The van der Waals surface area contributed by atoms with Crippen LogP contribution < -0.4 is 0 Å². The summed E-state index contributed by atoms with van der Waals surface area (Å²) in [6.45, 7) is 5.98. The van der Waals surface area contributed by atoms with Gasteiger partial charge in [-0.25, -0.2) is 0 Å². The molecule has 0 saturated carbocycles. The lowest BCUT2D eigenvalue weighted by molar-refractivity contribution is 0.101. The first-order chi connectivity index (χ1) is 7.17. The molecule has 15 heavy (non-hydrogen) atoms. The summed E-state index contributed by atoms with van der Waals surface area (Å²) in [6, 6.07) is 3.92. The van der Waals surface area contributed by atoms with E-state index in [0.29, 0.717) is 11.6 Å². The average molecular weight is 205 g/mol. The summed E-state index contributed by atoms with van der Waals surface area (Å²) in [7, 11) is 0. The van der Waals surface area contributed by atoms with Crippen molar-refractivity contribution in [1.82, 2.24) is 4.98 Å². The van der Waals surface area contributed by atoms with Crippen LogP contribution in [0.4, 0.5) is 0 Å². The Balaban J connectivity index is 2.77. The van der Waals surface area contributed by atoms with Crippen LogP contribution in [0.1, 0.15) is 49.7 Å². The van der Waals surface area contributed by atoms with Gasteiger partial charge in [-0.2, -0.15) is 0 Å². The van der Waals surface area contributed by atoms with Crippen molar-refractivity contribution in [3.8, 4) is 0 Å². The van der Waals surface area contributed by atoms with Crippen LogP contribution in [0, 0.1) is 5.92 Å². The zero-order valence-corrected chi connectivity index (χ0v) is 9.79. The van der Waals surface area contributed by atoms with Gasteiger partial charge in [0.1, 0.15) is 5.69 Å². The van der Waals surface area contributed by atoms with Gasteiger partial charge in [0.15, 0.2) is 5.78 Å². The Kier molecular flexibility index (Phi) is 4.47. The number of rotatable bonds is 5. The van der Waals surface area contributed by atoms with Crippen LogP contribution >= 0.6 is 0 Å². The van der Waals surface area contributed by atoms with Crippen LogP contribution in [0.25, 0.3) is 0 Å². The van der Waals surface area contributed by atoms with Gasteiger partial charge < -0.3 is 0 Å². The van der Waals surface area contributed by atoms with Crippen molar-refractivity contribution < 1.29 is 4.79 Å². The maximum Gasteiger partial charge on any atom is 0.178 e. The van der Waals surface area contributed by atoms with Crippen molar-refractivity contribution in [3.05, 3.63) is 29.6 Å². The molecule has 0 aliphatic rings. The molecule has 2 heteroatoms. The normalized spacial score (nSPS) is 10.7. The van der Waals surface area contributed by atoms with E-state index in [-0.39, 0.29) is 5.78 Å². The van der Waals surface area contributed by atoms with Crippen molar-refractivity contribution in [3.63, 3.8) is 0 Å². The van der Waals surface area contributed by atoms with Gasteiger partial charge in [0.2, 0.25) is 0 Å². The van der Waals surface area contributed by atoms with E-state index >= 15 is 0 Å². The summed E-state index contributed by atoms with van der Waals surface area (Å²) in [6.07, 6.45) is 5.16. The first-order valence-electron chi connectivity index (χ1n) is 5.63. The highest BCUT2D eigenvalue weighted by Crippen LogP contribution is 2.15. The molecule has 1 heterocycles. The Bertz CT molecular complexity index is 329. The molecule has 0 radical (unpaired) electrons. The van der Waals surface area contributed by atoms with Gasteiger partial charge in [0.05, 0.1) is 0 Å². The fourth-order valence-corrected chi connectivity index (χ4v) is 1.70. The molecule has 82 valence electrons. The second kappa shape index (κ2) is 5.64. The molecule has 2 nitrogen and oxygen atoms in total. The fourth-order valence-electron chi connectivity index (χ4n) is 1.70. The maximum atomic E-state index is 11.2. The van der Waals surface area contributed by atoms with Gasteiger partial charge in [-0.15, -0.1) is 0 Å². The number of Topliss-reactive ketones (excluding diaryl/α,β-unsaturated/α-hetero) is 1. The number of pyridine rings is 1. The van der Waals surface area contributed by atoms with Crippen LogP contribution in [-0.2, 0) is 6.42 Å². The first-order valence-corrected chi connectivity index (χ1v) is 5.63. The lowest BCUT2D eigenvalue weighted by Gasteiger charge is -2.12. The zero-order valence-electron chi connectivity index (χ0n) is 9.79. The van der Waals surface area contributed by atoms with Crippen molar-refractivity contribution in [2.75, 3.05) is 0 Å². The summed E-state index contributed by atoms with van der Waals surface area (Å²) in [4.78, 5) is 15.2. The predicted octanol–water partition coefficient (Wildman–Crippen LogP) is 3.26. The second-order valence-corrected chi connectivity index (χ2v) is 3.99. The number of carbonyl (C=O) groups is 1. The quantitative estimate of drug-likeness (QED) is 0.690. The van der Waals surface area contributed by atoms with Crippen molar-refractivity contribution in [2.45, 2.75) is 40.0 Å². The Morgan fingerprint density at radius 3 is 2.60 bits per heavy atom. The van der Waals surface area contributed by atoms with Crippen molar-refractivity contribution in [2.24, 2.45) is 5.92 Å². The number of hydrogen-bond acceptors (Lipinski definition) is 2. The molecule has 0 saturated heterocycles. The number of carbonyl (C=O) groups excluding carboxylic acids is 1. The van der Waals surface area contributed by atoms with E-state index < -0.39 is 0 Å². The van der Waals surface area contributed by atoms with E-state index in [1.54, 1.807) is 13.1 Å². The van der Waals surface area contributed by atoms with Crippen LogP contribution in [0.5, 0.6) is 0 Å². The summed E-state index contributed by atoms with van der Waals surface area (Å²) in [5, 5.41) is 0. The molecule has 0 aromatic carbocycles. The van der Waals surface area contributed by atoms with Gasteiger partial charge in [0, 0.05) is 13.1 Å². The van der Waals surface area contributed by atoms with Crippen molar-refractivity contribution >= 4 is 5.78 Å². The van der Waals surface area contributed by atoms with Gasteiger partial charge in [-0.3, -0.25) is 9.78 Å². The summed E-state index contributed by atoms with van der Waals surface area (Å²) >= 11 is 0. The zero-order chi connectivity index (χ0) is 11.3. The van der Waals surface area contributed by atoms with Crippen LogP contribution in [0.3, 0.4) is 0 Å². The summed E-state index contributed by atoms with van der Waals surface area (Å²) in [5.41, 5.74) is 1.81. The standard InChI is InChI=1S/C13H19NO/c1-4-11(5-2)8-12-6-7-14-13(9-12)10(3)15/h6-7,9,11H,4-5,8H2,1-3H3. The summed E-state index contributed by atoms with van der Waals surface area (Å²) < 4.78 is 0. The average Bonchev–Trinajstić information content (AvgIpc) is 2.26. The third kappa shape index (κ3) is 3.46. The van der Waals surface area contributed by atoms with Gasteiger partial charge >= 0.3 is 0 Å². The van der Waals surface area contributed by atoms with E-state index in [2.05, 4.69) is 18.8 Å². The third-order valence-corrected chi connectivity index (χ3v) is 2.86. The first kappa shape index (κ1) is 11.9. The molecule has 0 atom stereocenters. The van der Waals surface area contributed by atoms with Crippen LogP contribution in [0.15, 0.2) is 18.3 Å². The monoisotopic (exact) mass is 205 g/mol. The second-order valence-electron chi connectivity index (χ2n) is 3.99. The Morgan fingerprint density at radius 2 is 2.07 bits per heavy atom. The number of nitrogens with zero attached hydrogens (tertiary/aromatic N) is 1. The van der Waals surface area contributed by atoms with Crippen LogP contribution in [0.2, 0.25) is 0 Å². The molecule has 0 fully saturated rings. The molecule has 0 unspecified atom stereocenters. The smallest absolute Gasteiger partial charge is 0.178 e. The molecule has 0 amide bonds. The maximum absolute atomic E-state index is 11.2. The van der Waals surface area contributed by atoms with E-state index in [9.17, 15) is 4.79 Å². The molecule has 1 aromatic rings. The SMILES string of the molecule is CCC(CC)Cc1ccnc(C(C)=O)c1. The minimum atomic E-state index is 0.0430. The van der Waals surface area contributed by atoms with E-state index in [1.807, 2.05) is 12.1 Å². The van der Waals surface area contributed by atoms with Gasteiger partial charge in [0.25, 0.3) is 0 Å². The highest BCUT2D eigenvalue weighted by atomic mass is 16.1. The molecule has 1 rings (SSSR count). The largest absolute Gasteiger partial charge is 0.293 e. The number of ketones is 1. The number of hydrogen-bond donors (Lipinski definition) is 0. The topological polar surface area (TPSA) is 30.0 Å². The molecule has 0 aliphatic carbocycles.